The summed E-state index contributed by atoms with van der Waals surface area (Å²) in [5.41, 5.74) is 2.85. The van der Waals surface area contributed by atoms with Gasteiger partial charge in [-0.15, -0.1) is 0 Å². The summed E-state index contributed by atoms with van der Waals surface area (Å²) in [6.07, 6.45) is 3.85. The molecule has 1 aromatic carbocycles. The van der Waals surface area contributed by atoms with Gasteiger partial charge >= 0.3 is 0 Å². The van der Waals surface area contributed by atoms with Crippen molar-refractivity contribution < 1.29 is 5.11 Å². The molecule has 0 saturated heterocycles. The van der Waals surface area contributed by atoms with Crippen molar-refractivity contribution in [2.24, 2.45) is 0 Å². The Bertz CT molecular complexity index is 240. The Morgan fingerprint density at radius 1 is 1.00 bits per heavy atom. The van der Waals surface area contributed by atoms with E-state index in [1.54, 1.807) is 0 Å². The van der Waals surface area contributed by atoms with Crippen LogP contribution in [0.15, 0.2) is 24.3 Å². The number of aliphatic hydroxyl groups is 1. The van der Waals surface area contributed by atoms with Gasteiger partial charge in [-0.1, -0.05) is 24.3 Å². The number of benzene rings is 1. The fourth-order valence-electron chi connectivity index (χ4n) is 1.83. The Morgan fingerprint density at radius 2 is 1.50 bits per heavy atom. The highest BCUT2D eigenvalue weighted by Gasteiger charge is 2.12. The number of hydrogen-bond donors (Lipinski definition) is 1. The normalized spacial score (nSPS) is 18.4. The highest BCUT2D eigenvalue weighted by molar-refractivity contribution is 5.28. The molecule has 1 aliphatic carbocycles. The minimum atomic E-state index is -0.0857. The largest absolute Gasteiger partial charge is 0.393 e. The Hall–Kier alpha value is -0.820. The van der Waals surface area contributed by atoms with E-state index in [2.05, 4.69) is 24.3 Å². The van der Waals surface area contributed by atoms with Gasteiger partial charge in [-0.2, -0.15) is 0 Å². The average Bonchev–Trinajstić information content (AvgIpc) is 2.29. The second kappa shape index (κ2) is 3.28. The third-order valence-electron chi connectivity index (χ3n) is 2.61. The van der Waals surface area contributed by atoms with Gasteiger partial charge in [-0.05, 0) is 36.8 Å². The maximum Gasteiger partial charge on any atom is 0.0546 e. The zero-order chi connectivity index (χ0) is 8.39. The van der Waals surface area contributed by atoms with Crippen LogP contribution in [-0.2, 0) is 12.8 Å². The van der Waals surface area contributed by atoms with Gasteiger partial charge in [0.1, 0.15) is 0 Å². The smallest absolute Gasteiger partial charge is 0.0546 e. The van der Waals surface area contributed by atoms with Crippen LogP contribution in [0.2, 0.25) is 0 Å². The molecule has 0 saturated carbocycles. The molecule has 0 heterocycles. The molecule has 0 fully saturated rings. The van der Waals surface area contributed by atoms with Gasteiger partial charge < -0.3 is 5.11 Å². The van der Waals surface area contributed by atoms with Crippen LogP contribution in [0.3, 0.4) is 0 Å². The van der Waals surface area contributed by atoms with E-state index in [9.17, 15) is 5.11 Å². The van der Waals surface area contributed by atoms with E-state index in [1.165, 1.54) is 11.1 Å². The number of aryl methyl sites for hydroxylation is 2. The first-order chi connectivity index (χ1) is 5.86. The molecule has 0 aromatic heterocycles. The number of hydrogen-bond acceptors (Lipinski definition) is 1. The van der Waals surface area contributed by atoms with E-state index >= 15 is 0 Å². The van der Waals surface area contributed by atoms with Crippen molar-refractivity contribution >= 4 is 0 Å². The Labute approximate surface area is 73.0 Å². The van der Waals surface area contributed by atoms with Gasteiger partial charge in [0.05, 0.1) is 6.10 Å². The molecule has 0 bridgehead atoms. The third kappa shape index (κ3) is 1.51. The van der Waals surface area contributed by atoms with E-state index in [0.717, 1.165) is 25.7 Å². The maximum atomic E-state index is 9.46. The van der Waals surface area contributed by atoms with Crippen molar-refractivity contribution in [2.75, 3.05) is 0 Å². The van der Waals surface area contributed by atoms with Gasteiger partial charge in [-0.25, -0.2) is 0 Å². The SMILES string of the molecule is OC1CCc2ccccc2CC1. The quantitative estimate of drug-likeness (QED) is 0.578. The lowest BCUT2D eigenvalue weighted by molar-refractivity contribution is 0.158. The first-order valence-corrected chi connectivity index (χ1v) is 4.61. The lowest BCUT2D eigenvalue weighted by Gasteiger charge is -2.02. The Kier molecular flexibility index (Phi) is 2.13. The van der Waals surface area contributed by atoms with Crippen molar-refractivity contribution in [3.8, 4) is 0 Å². The highest BCUT2D eigenvalue weighted by Crippen LogP contribution is 2.19. The molecule has 2 rings (SSSR count). The number of aliphatic hydroxyl groups excluding tert-OH is 1. The van der Waals surface area contributed by atoms with Gasteiger partial charge in [0, 0.05) is 0 Å². The summed E-state index contributed by atoms with van der Waals surface area (Å²) >= 11 is 0. The zero-order valence-electron chi connectivity index (χ0n) is 7.16. The molecule has 1 N–H and O–H groups in total. The Morgan fingerprint density at radius 3 is 2.00 bits per heavy atom. The summed E-state index contributed by atoms with van der Waals surface area (Å²) in [5.74, 6) is 0. The molecule has 0 radical (unpaired) electrons. The number of rotatable bonds is 0. The predicted octanol–water partition coefficient (Wildman–Crippen LogP) is 1.93. The van der Waals surface area contributed by atoms with E-state index in [1.807, 2.05) is 0 Å². The number of fused-ring (bicyclic) bond motifs is 1. The van der Waals surface area contributed by atoms with Crippen LogP contribution in [0.5, 0.6) is 0 Å². The van der Waals surface area contributed by atoms with E-state index in [0.29, 0.717) is 0 Å². The summed E-state index contributed by atoms with van der Waals surface area (Å²) in [6.45, 7) is 0. The lowest BCUT2D eigenvalue weighted by atomic mass is 10.0. The van der Waals surface area contributed by atoms with Crippen LogP contribution in [-0.4, -0.2) is 11.2 Å². The Balaban J connectivity index is 2.26. The second-order valence-corrected chi connectivity index (χ2v) is 3.50. The predicted molar refractivity (Wildman–Crippen MR) is 49.1 cm³/mol. The standard InChI is InChI=1S/C11H14O/c12-11-7-5-9-3-1-2-4-10(9)6-8-11/h1-4,11-12H,5-8H2. The minimum absolute atomic E-state index is 0.0857. The monoisotopic (exact) mass is 162 g/mol. The molecule has 1 heteroatoms. The van der Waals surface area contributed by atoms with Crippen molar-refractivity contribution in [1.29, 1.82) is 0 Å². The molecule has 0 amide bonds. The summed E-state index contributed by atoms with van der Waals surface area (Å²) in [4.78, 5) is 0. The molecule has 0 spiro atoms. The summed E-state index contributed by atoms with van der Waals surface area (Å²) in [7, 11) is 0. The molecule has 0 unspecified atom stereocenters. The summed E-state index contributed by atoms with van der Waals surface area (Å²) < 4.78 is 0. The van der Waals surface area contributed by atoms with E-state index in [-0.39, 0.29) is 6.10 Å². The second-order valence-electron chi connectivity index (χ2n) is 3.50. The molecular formula is C11H14O. The molecule has 1 nitrogen and oxygen atoms in total. The highest BCUT2D eigenvalue weighted by atomic mass is 16.3. The molecule has 0 atom stereocenters. The maximum absolute atomic E-state index is 9.46. The van der Waals surface area contributed by atoms with Crippen molar-refractivity contribution in [3.63, 3.8) is 0 Å². The fourth-order valence-corrected chi connectivity index (χ4v) is 1.83. The molecule has 0 aliphatic heterocycles. The molecule has 12 heavy (non-hydrogen) atoms. The van der Waals surface area contributed by atoms with Crippen LogP contribution in [0, 0.1) is 0 Å². The fraction of sp³-hybridized carbons (Fsp3) is 0.455. The van der Waals surface area contributed by atoms with Crippen LogP contribution in [0.25, 0.3) is 0 Å². The van der Waals surface area contributed by atoms with Crippen LogP contribution in [0.1, 0.15) is 24.0 Å². The van der Waals surface area contributed by atoms with E-state index in [4.69, 9.17) is 0 Å². The molecule has 64 valence electrons. The van der Waals surface area contributed by atoms with E-state index < -0.39 is 0 Å². The van der Waals surface area contributed by atoms with Gasteiger partial charge in [-0.3, -0.25) is 0 Å². The zero-order valence-corrected chi connectivity index (χ0v) is 7.16. The molecule has 1 aliphatic rings. The summed E-state index contributed by atoms with van der Waals surface area (Å²) in [5, 5.41) is 9.46. The topological polar surface area (TPSA) is 20.2 Å². The third-order valence-corrected chi connectivity index (χ3v) is 2.61. The molecule has 1 aromatic rings. The van der Waals surface area contributed by atoms with Crippen LogP contribution in [0.4, 0.5) is 0 Å². The van der Waals surface area contributed by atoms with Crippen LogP contribution < -0.4 is 0 Å². The van der Waals surface area contributed by atoms with Crippen molar-refractivity contribution in [1.82, 2.24) is 0 Å². The van der Waals surface area contributed by atoms with Gasteiger partial charge in [0.15, 0.2) is 0 Å². The first kappa shape index (κ1) is 7.81. The minimum Gasteiger partial charge on any atom is -0.393 e. The summed E-state index contributed by atoms with van der Waals surface area (Å²) in [6, 6.07) is 8.51. The van der Waals surface area contributed by atoms with Crippen LogP contribution >= 0.6 is 0 Å². The van der Waals surface area contributed by atoms with Crippen molar-refractivity contribution in [2.45, 2.75) is 31.8 Å². The lowest BCUT2D eigenvalue weighted by Crippen LogP contribution is -2.05. The van der Waals surface area contributed by atoms with Gasteiger partial charge in [0.25, 0.3) is 0 Å². The average molecular weight is 162 g/mol. The van der Waals surface area contributed by atoms with Crippen molar-refractivity contribution in [3.05, 3.63) is 35.4 Å². The van der Waals surface area contributed by atoms with Gasteiger partial charge in [0.2, 0.25) is 0 Å². The first-order valence-electron chi connectivity index (χ1n) is 4.61. The molecular weight excluding hydrogens is 148 g/mol.